The summed E-state index contributed by atoms with van der Waals surface area (Å²) in [5, 5.41) is 13.3. The largest absolute Gasteiger partial charge is 0.496 e. The van der Waals surface area contributed by atoms with E-state index in [4.69, 9.17) is 4.74 Å². The van der Waals surface area contributed by atoms with Crippen LogP contribution in [0.15, 0.2) is 46.5 Å². The van der Waals surface area contributed by atoms with E-state index in [2.05, 4.69) is 15.5 Å². The SMILES string of the molecule is COc1ccccc1C(C#N)=C1C=CC(=NOS(C)(=O)=O)S1. The van der Waals surface area contributed by atoms with Crippen molar-refractivity contribution in [3.63, 3.8) is 0 Å². The third-order valence-corrected chi connectivity index (χ3v) is 3.91. The first-order valence-electron chi connectivity index (χ1n) is 6.05. The average molecular weight is 336 g/mol. The van der Waals surface area contributed by atoms with E-state index in [1.807, 2.05) is 6.07 Å². The van der Waals surface area contributed by atoms with Crippen LogP contribution in [0.2, 0.25) is 0 Å². The molecule has 1 aromatic carbocycles. The Bertz CT molecular complexity index is 817. The number of thioether (sulfide) groups is 1. The van der Waals surface area contributed by atoms with Crippen LogP contribution in [-0.2, 0) is 14.4 Å². The van der Waals surface area contributed by atoms with Crippen LogP contribution in [0.3, 0.4) is 0 Å². The summed E-state index contributed by atoms with van der Waals surface area (Å²) in [4.78, 5) is 0.642. The van der Waals surface area contributed by atoms with E-state index >= 15 is 0 Å². The molecule has 22 heavy (non-hydrogen) atoms. The fourth-order valence-corrected chi connectivity index (χ4v) is 2.81. The number of rotatable bonds is 4. The first kappa shape index (κ1) is 16.1. The topological polar surface area (TPSA) is 88.8 Å². The summed E-state index contributed by atoms with van der Waals surface area (Å²) in [6.07, 6.45) is 4.17. The van der Waals surface area contributed by atoms with Gasteiger partial charge in [-0.2, -0.15) is 13.7 Å². The minimum Gasteiger partial charge on any atom is -0.496 e. The lowest BCUT2D eigenvalue weighted by molar-refractivity contribution is 0.345. The van der Waals surface area contributed by atoms with Crippen molar-refractivity contribution < 1.29 is 17.4 Å². The minimum atomic E-state index is -3.65. The molecule has 2 rings (SSSR count). The zero-order valence-electron chi connectivity index (χ0n) is 11.8. The molecule has 1 aliphatic heterocycles. The van der Waals surface area contributed by atoms with Gasteiger partial charge in [0.1, 0.15) is 16.9 Å². The van der Waals surface area contributed by atoms with Crippen molar-refractivity contribution in [2.75, 3.05) is 13.4 Å². The Morgan fingerprint density at radius 2 is 2.05 bits per heavy atom. The van der Waals surface area contributed by atoms with Crippen LogP contribution in [0.1, 0.15) is 5.56 Å². The molecule has 1 aliphatic rings. The first-order valence-corrected chi connectivity index (χ1v) is 8.68. The number of hydrogen-bond acceptors (Lipinski definition) is 7. The summed E-state index contributed by atoms with van der Waals surface area (Å²) >= 11 is 1.15. The van der Waals surface area contributed by atoms with E-state index in [-0.39, 0.29) is 0 Å². The van der Waals surface area contributed by atoms with Crippen molar-refractivity contribution in [1.29, 1.82) is 5.26 Å². The quantitative estimate of drug-likeness (QED) is 0.620. The molecule has 0 bridgehead atoms. The van der Waals surface area contributed by atoms with E-state index in [9.17, 15) is 13.7 Å². The van der Waals surface area contributed by atoms with Gasteiger partial charge in [-0.3, -0.25) is 4.28 Å². The molecule has 8 heteroatoms. The predicted octanol–water partition coefficient (Wildman–Crippen LogP) is 2.52. The fraction of sp³-hybridized carbons (Fsp3) is 0.143. The van der Waals surface area contributed by atoms with Crippen LogP contribution in [-0.4, -0.2) is 26.8 Å². The molecule has 0 atom stereocenters. The molecule has 0 amide bonds. The summed E-state index contributed by atoms with van der Waals surface area (Å²) in [7, 11) is -2.12. The molecule has 0 unspecified atom stereocenters. The number of para-hydroxylation sites is 1. The number of methoxy groups -OCH3 is 1. The number of nitrogens with zero attached hydrogens (tertiary/aromatic N) is 2. The number of allylic oxidation sites excluding steroid dienone is 2. The second kappa shape index (κ2) is 6.68. The second-order valence-corrected chi connectivity index (χ2v) is 6.81. The van der Waals surface area contributed by atoms with Gasteiger partial charge < -0.3 is 4.74 Å². The van der Waals surface area contributed by atoms with Crippen molar-refractivity contribution in [1.82, 2.24) is 0 Å². The van der Waals surface area contributed by atoms with Crippen molar-refractivity contribution in [3.8, 4) is 11.8 Å². The number of oxime groups is 1. The Kier molecular flexibility index (Phi) is 4.90. The molecule has 0 saturated heterocycles. The van der Waals surface area contributed by atoms with Gasteiger partial charge in [0.15, 0.2) is 0 Å². The van der Waals surface area contributed by atoms with Gasteiger partial charge in [-0.25, -0.2) is 0 Å². The lowest BCUT2D eigenvalue weighted by Gasteiger charge is -2.08. The summed E-state index contributed by atoms with van der Waals surface area (Å²) in [6, 6.07) is 9.30. The maximum absolute atomic E-state index is 10.9. The zero-order valence-corrected chi connectivity index (χ0v) is 13.4. The van der Waals surface area contributed by atoms with Crippen LogP contribution in [0, 0.1) is 11.3 Å². The monoisotopic (exact) mass is 336 g/mol. The molecule has 6 nitrogen and oxygen atoms in total. The molecule has 0 N–H and O–H groups in total. The summed E-state index contributed by atoms with van der Waals surface area (Å²) in [5.41, 5.74) is 1.08. The Morgan fingerprint density at radius 3 is 2.68 bits per heavy atom. The number of benzene rings is 1. The summed E-state index contributed by atoms with van der Waals surface area (Å²) in [5.74, 6) is 0.582. The van der Waals surface area contributed by atoms with Gasteiger partial charge in [0.2, 0.25) is 0 Å². The number of hydrogen-bond donors (Lipinski definition) is 0. The van der Waals surface area contributed by atoms with Crippen molar-refractivity contribution in [2.45, 2.75) is 0 Å². The zero-order chi connectivity index (χ0) is 16.2. The number of nitriles is 1. The third kappa shape index (κ3) is 3.90. The van der Waals surface area contributed by atoms with Crippen LogP contribution >= 0.6 is 11.8 Å². The van der Waals surface area contributed by atoms with Gasteiger partial charge in [-0.1, -0.05) is 29.1 Å². The highest BCUT2D eigenvalue weighted by Crippen LogP contribution is 2.36. The Morgan fingerprint density at radius 1 is 1.32 bits per heavy atom. The average Bonchev–Trinajstić information content (AvgIpc) is 2.94. The molecule has 0 radical (unpaired) electrons. The third-order valence-electron chi connectivity index (χ3n) is 2.59. The van der Waals surface area contributed by atoms with Crippen molar-refractivity contribution in [2.24, 2.45) is 5.16 Å². The van der Waals surface area contributed by atoms with E-state index in [1.54, 1.807) is 30.4 Å². The van der Waals surface area contributed by atoms with Crippen LogP contribution in [0.5, 0.6) is 5.75 Å². The summed E-state index contributed by atoms with van der Waals surface area (Å²) < 4.78 is 31.5. The Balaban J connectivity index is 2.35. The molecule has 1 aromatic rings. The first-order chi connectivity index (χ1) is 10.4. The lowest BCUT2D eigenvalue weighted by atomic mass is 10.1. The molecule has 1 heterocycles. The molecule has 0 aromatic heterocycles. The number of ether oxygens (including phenoxy) is 1. The van der Waals surface area contributed by atoms with Gasteiger partial charge in [0.05, 0.1) is 18.9 Å². The Labute approximate surface area is 132 Å². The molecule has 0 aliphatic carbocycles. The van der Waals surface area contributed by atoms with Crippen LogP contribution in [0.4, 0.5) is 0 Å². The highest BCUT2D eigenvalue weighted by Gasteiger charge is 2.18. The summed E-state index contributed by atoms with van der Waals surface area (Å²) in [6.45, 7) is 0. The molecule has 0 spiro atoms. The van der Waals surface area contributed by atoms with Gasteiger partial charge in [-0.15, -0.1) is 0 Å². The van der Waals surface area contributed by atoms with Gasteiger partial charge in [-0.05, 0) is 24.3 Å². The molecule has 114 valence electrons. The molecule has 0 saturated carbocycles. The highest BCUT2D eigenvalue weighted by atomic mass is 32.2. The molecular formula is C14H12N2O4S2. The van der Waals surface area contributed by atoms with Gasteiger partial charge in [0, 0.05) is 10.5 Å². The second-order valence-electron chi connectivity index (χ2n) is 4.19. The predicted molar refractivity (Wildman–Crippen MR) is 85.6 cm³/mol. The minimum absolute atomic E-state index is 0.350. The smallest absolute Gasteiger partial charge is 0.325 e. The standard InChI is InChI=1S/C14H12N2O4S2/c1-19-12-6-4-3-5-10(12)11(9-15)13-7-8-14(21-13)16-20-22(2,17)18/h3-8H,1-2H3. The van der Waals surface area contributed by atoms with E-state index in [1.165, 1.54) is 7.11 Å². The Hall–Kier alpha value is -2.24. The van der Waals surface area contributed by atoms with Gasteiger partial charge in [0.25, 0.3) is 0 Å². The molecule has 0 fully saturated rings. The van der Waals surface area contributed by atoms with Gasteiger partial charge >= 0.3 is 10.1 Å². The van der Waals surface area contributed by atoms with Crippen molar-refractivity contribution in [3.05, 3.63) is 46.9 Å². The maximum atomic E-state index is 10.9. The normalized spacial score (nSPS) is 18.1. The highest BCUT2D eigenvalue weighted by molar-refractivity contribution is 8.18. The maximum Gasteiger partial charge on any atom is 0.325 e. The van der Waals surface area contributed by atoms with Crippen LogP contribution in [0.25, 0.3) is 5.57 Å². The lowest BCUT2D eigenvalue weighted by Crippen LogP contribution is -1.98. The fourth-order valence-electron chi connectivity index (χ4n) is 1.71. The molecular weight excluding hydrogens is 324 g/mol. The van der Waals surface area contributed by atoms with E-state index < -0.39 is 10.1 Å². The van der Waals surface area contributed by atoms with Crippen molar-refractivity contribution >= 4 is 32.5 Å². The van der Waals surface area contributed by atoms with E-state index in [0.717, 1.165) is 18.0 Å². The van der Waals surface area contributed by atoms with Crippen LogP contribution < -0.4 is 4.74 Å². The van der Waals surface area contributed by atoms with E-state index in [0.29, 0.717) is 26.8 Å².